The molecule has 0 bridgehead atoms. The van der Waals surface area contributed by atoms with Crippen molar-refractivity contribution >= 4 is 22.2 Å². The summed E-state index contributed by atoms with van der Waals surface area (Å²) in [6, 6.07) is 7.41. The normalized spacial score (nSPS) is 8.00. The Kier molecular flexibility index (Phi) is 4.23. The maximum absolute atomic E-state index is 8.95. The van der Waals surface area contributed by atoms with Crippen LogP contribution in [-0.2, 0) is 4.79 Å². The standard InChI is InChI=1S/C6H8OSi.CH2O/c7-5-3-1-2-4-6(5)8;1-2/h1-4,7H,8H3;1H2. The molecule has 54 valence electrons. The molecule has 0 aliphatic rings. The summed E-state index contributed by atoms with van der Waals surface area (Å²) < 4.78 is 0. The second-order valence-electron chi connectivity index (χ2n) is 1.79. The highest BCUT2D eigenvalue weighted by Crippen LogP contribution is 1.98. The second-order valence-corrected chi connectivity index (χ2v) is 2.86. The van der Waals surface area contributed by atoms with Crippen molar-refractivity contribution in [2.75, 3.05) is 0 Å². The number of rotatable bonds is 0. The van der Waals surface area contributed by atoms with Crippen molar-refractivity contribution in [3.63, 3.8) is 0 Å². The molecule has 1 aromatic rings. The molecule has 0 aliphatic carbocycles. The van der Waals surface area contributed by atoms with Crippen LogP contribution in [0.15, 0.2) is 24.3 Å². The highest BCUT2D eigenvalue weighted by Gasteiger charge is 1.86. The molecule has 0 saturated carbocycles. The van der Waals surface area contributed by atoms with E-state index in [1.165, 1.54) is 0 Å². The fourth-order valence-electron chi connectivity index (χ4n) is 0.563. The molecular weight excluding hydrogens is 144 g/mol. The number of hydrogen-bond donors (Lipinski definition) is 1. The molecule has 0 amide bonds. The van der Waals surface area contributed by atoms with E-state index in [9.17, 15) is 0 Å². The van der Waals surface area contributed by atoms with Gasteiger partial charge in [0.15, 0.2) is 0 Å². The van der Waals surface area contributed by atoms with Crippen LogP contribution in [0.2, 0.25) is 0 Å². The zero-order valence-electron chi connectivity index (χ0n) is 5.87. The van der Waals surface area contributed by atoms with Gasteiger partial charge in [-0.05, 0) is 11.3 Å². The van der Waals surface area contributed by atoms with Crippen molar-refractivity contribution < 1.29 is 9.90 Å². The first kappa shape index (κ1) is 8.91. The lowest BCUT2D eigenvalue weighted by molar-refractivity contribution is -0.0979. The van der Waals surface area contributed by atoms with Gasteiger partial charge in [0, 0.05) is 10.2 Å². The average Bonchev–Trinajstić information content (AvgIpc) is 2.00. The molecule has 1 N–H and O–H groups in total. The van der Waals surface area contributed by atoms with E-state index in [1.54, 1.807) is 6.07 Å². The number of para-hydroxylation sites is 1. The van der Waals surface area contributed by atoms with Crippen LogP contribution in [0.1, 0.15) is 0 Å². The van der Waals surface area contributed by atoms with Crippen LogP contribution in [-0.4, -0.2) is 22.1 Å². The van der Waals surface area contributed by atoms with Crippen LogP contribution in [0.3, 0.4) is 0 Å². The molecule has 0 saturated heterocycles. The van der Waals surface area contributed by atoms with Crippen LogP contribution >= 0.6 is 0 Å². The van der Waals surface area contributed by atoms with Crippen LogP contribution < -0.4 is 5.19 Å². The van der Waals surface area contributed by atoms with Crippen molar-refractivity contribution in [1.82, 2.24) is 0 Å². The second kappa shape index (κ2) is 4.75. The van der Waals surface area contributed by atoms with Gasteiger partial charge in [-0.2, -0.15) is 0 Å². The number of benzene rings is 1. The van der Waals surface area contributed by atoms with E-state index in [1.807, 2.05) is 25.0 Å². The quantitative estimate of drug-likeness (QED) is 0.497. The fourth-order valence-corrected chi connectivity index (χ4v) is 0.923. The Hall–Kier alpha value is -1.09. The van der Waals surface area contributed by atoms with Crippen molar-refractivity contribution in [2.45, 2.75) is 0 Å². The molecule has 0 unspecified atom stereocenters. The van der Waals surface area contributed by atoms with Gasteiger partial charge in [-0.1, -0.05) is 18.2 Å². The molecular formula is C7H10O2Si. The van der Waals surface area contributed by atoms with Crippen molar-refractivity contribution in [2.24, 2.45) is 0 Å². The molecule has 0 aromatic heterocycles. The third-order valence-electron chi connectivity index (χ3n) is 1.12. The predicted octanol–water partition coefficient (Wildman–Crippen LogP) is -0.802. The molecule has 0 radical (unpaired) electrons. The number of phenols is 1. The van der Waals surface area contributed by atoms with Gasteiger partial charge in [0.1, 0.15) is 12.5 Å². The zero-order valence-corrected chi connectivity index (χ0v) is 7.87. The van der Waals surface area contributed by atoms with E-state index in [0.717, 1.165) is 15.4 Å². The summed E-state index contributed by atoms with van der Waals surface area (Å²) in [4.78, 5) is 8.00. The van der Waals surface area contributed by atoms with E-state index in [2.05, 4.69) is 0 Å². The van der Waals surface area contributed by atoms with E-state index in [-0.39, 0.29) is 0 Å². The lowest BCUT2D eigenvalue weighted by atomic mass is 10.3. The monoisotopic (exact) mass is 154 g/mol. The minimum Gasteiger partial charge on any atom is -0.508 e. The topological polar surface area (TPSA) is 37.3 Å². The summed E-state index contributed by atoms with van der Waals surface area (Å²) in [5, 5.41) is 10.0. The van der Waals surface area contributed by atoms with Gasteiger partial charge in [0.25, 0.3) is 0 Å². The smallest absolute Gasteiger partial charge is 0.113 e. The lowest BCUT2D eigenvalue weighted by Crippen LogP contribution is -1.99. The molecule has 0 spiro atoms. The zero-order chi connectivity index (χ0) is 7.98. The molecule has 1 aromatic carbocycles. The molecule has 0 atom stereocenters. The largest absolute Gasteiger partial charge is 0.508 e. The fraction of sp³-hybridized carbons (Fsp3) is 0. The molecule has 0 fully saturated rings. The highest BCUT2D eigenvalue weighted by atomic mass is 28.1. The summed E-state index contributed by atoms with van der Waals surface area (Å²) in [6.45, 7) is 2.00. The summed E-state index contributed by atoms with van der Waals surface area (Å²) in [5.74, 6) is 0.430. The lowest BCUT2D eigenvalue weighted by Gasteiger charge is -1.92. The van der Waals surface area contributed by atoms with Crippen LogP contribution in [0.25, 0.3) is 0 Å². The minimum atomic E-state index is 0.430. The summed E-state index contributed by atoms with van der Waals surface area (Å²) in [6.07, 6.45) is 0. The van der Waals surface area contributed by atoms with Gasteiger partial charge < -0.3 is 9.90 Å². The summed E-state index contributed by atoms with van der Waals surface area (Å²) >= 11 is 0. The van der Waals surface area contributed by atoms with Gasteiger partial charge in [0.05, 0.1) is 0 Å². The van der Waals surface area contributed by atoms with Crippen molar-refractivity contribution in [3.8, 4) is 5.75 Å². The highest BCUT2D eigenvalue weighted by molar-refractivity contribution is 6.34. The summed E-state index contributed by atoms with van der Waals surface area (Å²) in [5.41, 5.74) is 0. The van der Waals surface area contributed by atoms with Gasteiger partial charge in [-0.3, -0.25) is 0 Å². The first-order chi connectivity index (χ1) is 4.80. The first-order valence-corrected chi connectivity index (χ1v) is 3.84. The molecule has 2 nitrogen and oxygen atoms in total. The maximum Gasteiger partial charge on any atom is 0.113 e. The Labute approximate surface area is 62.9 Å². The third kappa shape index (κ3) is 2.46. The third-order valence-corrected chi connectivity index (χ3v) is 1.96. The molecule has 1 rings (SSSR count). The maximum atomic E-state index is 8.95. The van der Waals surface area contributed by atoms with Gasteiger partial charge >= 0.3 is 0 Å². The Balaban J connectivity index is 0.000000371. The number of carbonyl (C=O) groups excluding carboxylic acids is 1. The minimum absolute atomic E-state index is 0.430. The van der Waals surface area contributed by atoms with E-state index < -0.39 is 0 Å². The number of aromatic hydroxyl groups is 1. The average molecular weight is 154 g/mol. The SMILES string of the molecule is C=O.Oc1ccccc1[SiH3]. The molecule has 0 aliphatic heterocycles. The van der Waals surface area contributed by atoms with E-state index in [0.29, 0.717) is 5.75 Å². The van der Waals surface area contributed by atoms with E-state index >= 15 is 0 Å². The Morgan fingerprint density at radius 2 is 1.80 bits per heavy atom. The summed E-state index contributed by atoms with van der Waals surface area (Å²) in [7, 11) is 0.926. The molecule has 3 heteroatoms. The van der Waals surface area contributed by atoms with Crippen LogP contribution in [0.5, 0.6) is 5.75 Å². The van der Waals surface area contributed by atoms with Crippen LogP contribution in [0.4, 0.5) is 0 Å². The van der Waals surface area contributed by atoms with Gasteiger partial charge in [-0.15, -0.1) is 0 Å². The molecule has 10 heavy (non-hydrogen) atoms. The first-order valence-electron chi connectivity index (χ1n) is 2.84. The number of phenolic OH excluding ortho intramolecular Hbond substituents is 1. The number of carbonyl (C=O) groups is 1. The van der Waals surface area contributed by atoms with Crippen LogP contribution in [0, 0.1) is 0 Å². The Morgan fingerprint density at radius 3 is 2.10 bits per heavy atom. The van der Waals surface area contributed by atoms with E-state index in [4.69, 9.17) is 9.90 Å². The Bertz CT molecular complexity index is 180. The Morgan fingerprint density at radius 1 is 1.30 bits per heavy atom. The molecule has 0 heterocycles. The number of hydrogen-bond acceptors (Lipinski definition) is 2. The van der Waals surface area contributed by atoms with Gasteiger partial charge in [0.2, 0.25) is 0 Å². The predicted molar refractivity (Wildman–Crippen MR) is 44.8 cm³/mol. The van der Waals surface area contributed by atoms with Crippen molar-refractivity contribution in [1.29, 1.82) is 0 Å². The van der Waals surface area contributed by atoms with Gasteiger partial charge in [-0.25, -0.2) is 0 Å². The van der Waals surface area contributed by atoms with Crippen molar-refractivity contribution in [3.05, 3.63) is 24.3 Å².